The Kier molecular flexibility index (Phi) is 11.6. The first-order valence-corrected chi connectivity index (χ1v) is 21.8. The quantitative estimate of drug-likeness (QED) is 0.0370. The fraction of sp³-hybridized carbons (Fsp3) is 0.0851. The Morgan fingerprint density at radius 3 is 2.02 bits per heavy atom. The molecule has 2 aliphatic rings. The van der Waals surface area contributed by atoms with E-state index in [2.05, 4.69) is 33.7 Å². The first-order chi connectivity index (χ1) is 28.3. The van der Waals surface area contributed by atoms with Crippen LogP contribution in [0.25, 0.3) is 33.4 Å². The second-order valence-corrected chi connectivity index (χ2v) is 16.5. The van der Waals surface area contributed by atoms with Gasteiger partial charge < -0.3 is 23.3 Å². The summed E-state index contributed by atoms with van der Waals surface area (Å²) in [7, 11) is -1.54. The predicted octanol–water partition coefficient (Wildman–Crippen LogP) is 10.9. The van der Waals surface area contributed by atoms with Gasteiger partial charge in [0.2, 0.25) is 11.0 Å². The van der Waals surface area contributed by atoms with Crippen LogP contribution in [0.5, 0.6) is 11.5 Å². The summed E-state index contributed by atoms with van der Waals surface area (Å²) >= 11 is 3.36. The van der Waals surface area contributed by atoms with Gasteiger partial charge in [-0.05, 0) is 66.7 Å². The molecular weight excluding hydrogens is 785 g/mol. The van der Waals surface area contributed by atoms with Gasteiger partial charge in [0, 0.05) is 55.8 Å². The first kappa shape index (κ1) is 38.9. The minimum absolute atomic E-state index is 0.297. The maximum atomic E-state index is 12.8. The molecule has 58 heavy (non-hydrogen) atoms. The topological polar surface area (TPSA) is 95.1 Å². The minimum atomic E-state index is -4.85. The largest absolute Gasteiger partial charge is 0.744 e. The molecule has 0 bridgehead atoms. The molecule has 6 aromatic rings. The van der Waals surface area contributed by atoms with Crippen LogP contribution in [0.3, 0.4) is 0 Å². The Morgan fingerprint density at radius 2 is 1.29 bits per heavy atom. The van der Waals surface area contributed by atoms with E-state index in [4.69, 9.17) is 13.9 Å². The van der Waals surface area contributed by atoms with Crippen molar-refractivity contribution in [3.8, 4) is 33.9 Å². The Bertz CT molecular complexity index is 2870. The van der Waals surface area contributed by atoms with Crippen LogP contribution >= 0.6 is 23.5 Å². The molecule has 8 nitrogen and oxygen atoms in total. The number of para-hydroxylation sites is 4. The zero-order chi connectivity index (χ0) is 40.1. The summed E-state index contributed by atoms with van der Waals surface area (Å²) in [5, 5.41) is 1.47. The van der Waals surface area contributed by atoms with E-state index in [-0.39, 0.29) is 4.90 Å². The average molecular weight is 823 g/mol. The summed E-state index contributed by atoms with van der Waals surface area (Å²) in [5.41, 5.74) is 4.58. The molecule has 290 valence electrons. The molecule has 6 aromatic carbocycles. The zero-order valence-electron chi connectivity index (χ0n) is 31.6. The van der Waals surface area contributed by atoms with Crippen molar-refractivity contribution in [3.05, 3.63) is 175 Å². The van der Waals surface area contributed by atoms with Gasteiger partial charge in [-0.15, -0.1) is 11.8 Å². The van der Waals surface area contributed by atoms with Gasteiger partial charge in [0.05, 0.1) is 36.7 Å². The van der Waals surface area contributed by atoms with Gasteiger partial charge >= 0.3 is 0 Å². The summed E-state index contributed by atoms with van der Waals surface area (Å²) in [6, 6.07) is 54.1. The van der Waals surface area contributed by atoms with E-state index in [9.17, 15) is 13.0 Å². The van der Waals surface area contributed by atoms with E-state index in [1.807, 2.05) is 121 Å². The number of benzene rings is 7. The Balaban J connectivity index is 1.38. The summed E-state index contributed by atoms with van der Waals surface area (Å²) < 4.78 is 59.0. The van der Waals surface area contributed by atoms with E-state index in [0.717, 1.165) is 32.2 Å². The van der Waals surface area contributed by atoms with Crippen molar-refractivity contribution >= 4 is 61.7 Å². The fourth-order valence-electron chi connectivity index (χ4n) is 6.97. The van der Waals surface area contributed by atoms with Crippen LogP contribution in [0.2, 0.25) is 0 Å². The molecule has 8 rings (SSSR count). The number of methoxy groups -OCH3 is 2. The monoisotopic (exact) mass is 822 g/mol. The molecule has 0 saturated heterocycles. The predicted molar refractivity (Wildman–Crippen MR) is 234 cm³/mol. The number of anilines is 2. The van der Waals surface area contributed by atoms with Crippen LogP contribution in [-0.2, 0) is 10.1 Å². The van der Waals surface area contributed by atoms with Crippen LogP contribution in [0, 0.1) is 0 Å². The van der Waals surface area contributed by atoms with Crippen LogP contribution in [0.15, 0.2) is 189 Å². The third kappa shape index (κ3) is 8.21. The summed E-state index contributed by atoms with van der Waals surface area (Å²) in [4.78, 5) is 4.07. The molecular formula is C47H38N2O6S3. The van der Waals surface area contributed by atoms with Crippen molar-refractivity contribution in [2.24, 2.45) is 0 Å². The average Bonchev–Trinajstić information content (AvgIpc) is 3.26. The molecule has 1 aliphatic carbocycles. The zero-order valence-corrected chi connectivity index (χ0v) is 34.1. The van der Waals surface area contributed by atoms with Crippen LogP contribution < -0.4 is 24.3 Å². The number of rotatable bonds is 13. The minimum Gasteiger partial charge on any atom is -0.744 e. The molecule has 0 unspecified atom stereocenters. The standard InChI is InChI=1S/C47H38N2O6S3/c1-53-42-22-12-10-20-40(42)48(31-56-35-15-5-3-6-16-35)33-25-27-37-44(29-33)55-45-30-34(26-28-38(45)47(37)39-19-9-14-24-46(39)58(50,51)52)49(32-57-36-17-7-4-8-18-36)41-21-11-13-23-43(41)54-2/h3-30H,31-32H2,1-2H3. The highest BCUT2D eigenvalue weighted by molar-refractivity contribution is 7.99. The van der Waals surface area contributed by atoms with Gasteiger partial charge in [-0.2, -0.15) is 4.58 Å². The molecule has 0 spiro atoms. The molecule has 0 fully saturated rings. The number of ether oxygens (including phenoxy) is 2. The number of nitrogens with zero attached hydrogens (tertiary/aromatic N) is 2. The molecule has 0 aromatic heterocycles. The second-order valence-electron chi connectivity index (χ2n) is 13.2. The van der Waals surface area contributed by atoms with E-state index in [1.54, 1.807) is 55.9 Å². The molecule has 1 heterocycles. The smallest absolute Gasteiger partial charge is 0.248 e. The number of thioether (sulfide) groups is 2. The van der Waals surface area contributed by atoms with Crippen LogP contribution in [0.1, 0.15) is 0 Å². The van der Waals surface area contributed by atoms with Crippen molar-refractivity contribution in [3.63, 3.8) is 0 Å². The molecule has 1 aliphatic heterocycles. The maximum Gasteiger partial charge on any atom is 0.248 e. The second kappa shape index (κ2) is 17.3. The highest BCUT2D eigenvalue weighted by Gasteiger charge is 2.25. The van der Waals surface area contributed by atoms with Gasteiger partial charge in [-0.1, -0.05) is 90.6 Å². The summed E-state index contributed by atoms with van der Waals surface area (Å²) in [5.74, 6) is 3.00. The third-order valence-corrected chi connectivity index (χ3v) is 12.6. The van der Waals surface area contributed by atoms with Crippen molar-refractivity contribution in [1.82, 2.24) is 4.58 Å². The maximum absolute atomic E-state index is 12.8. The molecule has 0 atom stereocenters. The number of hydrogen-bond acceptors (Lipinski definition) is 9. The molecule has 11 heteroatoms. The molecule has 0 saturated carbocycles. The fourth-order valence-corrected chi connectivity index (χ4v) is 9.48. The molecule has 0 N–H and O–H groups in total. The van der Waals surface area contributed by atoms with Gasteiger partial charge in [-0.3, -0.25) is 0 Å². The van der Waals surface area contributed by atoms with Gasteiger partial charge in [-0.25, -0.2) is 8.42 Å². The Labute approximate surface area is 346 Å². The highest BCUT2D eigenvalue weighted by Crippen LogP contribution is 2.44. The van der Waals surface area contributed by atoms with Crippen molar-refractivity contribution < 1.29 is 26.9 Å². The third-order valence-electron chi connectivity index (χ3n) is 9.70. The van der Waals surface area contributed by atoms with Crippen molar-refractivity contribution in [1.29, 1.82) is 0 Å². The Hall–Kier alpha value is -5.98. The number of hydrogen-bond donors (Lipinski definition) is 0. The van der Waals surface area contributed by atoms with E-state index in [1.165, 1.54) is 6.07 Å². The summed E-state index contributed by atoms with van der Waals surface area (Å²) in [6.45, 7) is 0. The van der Waals surface area contributed by atoms with Crippen molar-refractivity contribution in [2.75, 3.05) is 30.9 Å². The van der Waals surface area contributed by atoms with Gasteiger partial charge in [0.1, 0.15) is 27.2 Å². The lowest BCUT2D eigenvalue weighted by atomic mass is 9.93. The van der Waals surface area contributed by atoms with Gasteiger partial charge in [0.25, 0.3) is 0 Å². The van der Waals surface area contributed by atoms with Crippen molar-refractivity contribution in [2.45, 2.75) is 14.7 Å². The number of fused-ring (bicyclic) bond motifs is 2. The van der Waals surface area contributed by atoms with E-state index < -0.39 is 10.1 Å². The van der Waals surface area contributed by atoms with Gasteiger partial charge in [0.15, 0.2) is 11.6 Å². The highest BCUT2D eigenvalue weighted by atomic mass is 32.2. The normalized spacial score (nSPS) is 12.1. The lowest BCUT2D eigenvalue weighted by Gasteiger charge is -2.27. The lowest BCUT2D eigenvalue weighted by Crippen LogP contribution is -2.25. The molecule has 0 amide bonds. The Morgan fingerprint density at radius 1 is 0.655 bits per heavy atom. The van der Waals surface area contributed by atoms with E-state index in [0.29, 0.717) is 56.7 Å². The lowest BCUT2D eigenvalue weighted by molar-refractivity contribution is 0.412. The van der Waals surface area contributed by atoms with E-state index >= 15 is 0 Å². The molecule has 0 radical (unpaired) electrons. The first-order valence-electron chi connectivity index (χ1n) is 18.4. The summed E-state index contributed by atoms with van der Waals surface area (Å²) in [6.07, 6.45) is 0. The van der Waals surface area contributed by atoms with Crippen LogP contribution in [-0.4, -0.2) is 38.9 Å². The SMILES string of the molecule is COc1ccccc1N(CSc1ccccc1)c1ccc2c(-c3ccccc3S(=O)(=O)[O-])c3cc/c(=[N+](/CSc4ccccc4)c4ccccc4OC)cc-3oc2c1. The van der Waals surface area contributed by atoms with Crippen LogP contribution in [0.4, 0.5) is 17.1 Å².